The monoisotopic (exact) mass is 207 g/mol. The molecule has 3 heteroatoms. The zero-order chi connectivity index (χ0) is 10.8. The highest BCUT2D eigenvalue weighted by atomic mass is 15.1. The van der Waals surface area contributed by atoms with Crippen LogP contribution in [-0.4, -0.2) is 22.6 Å². The van der Waals surface area contributed by atoms with Crippen LogP contribution in [0.1, 0.15) is 37.8 Å². The Morgan fingerprint density at radius 1 is 1.60 bits per heavy atom. The quantitative estimate of drug-likeness (QED) is 0.820. The fourth-order valence-corrected chi connectivity index (χ4v) is 2.50. The Kier molecular flexibility index (Phi) is 3.10. The molecule has 1 aromatic rings. The van der Waals surface area contributed by atoms with E-state index in [1.165, 1.54) is 24.5 Å². The summed E-state index contributed by atoms with van der Waals surface area (Å²) in [6.07, 6.45) is 4.42. The van der Waals surface area contributed by atoms with Gasteiger partial charge in [-0.25, -0.2) is 4.98 Å². The van der Waals surface area contributed by atoms with Gasteiger partial charge in [-0.05, 0) is 46.2 Å². The first-order valence-electron chi connectivity index (χ1n) is 5.92. The summed E-state index contributed by atoms with van der Waals surface area (Å²) in [5.74, 6) is 2.04. The van der Waals surface area contributed by atoms with E-state index in [2.05, 4.69) is 35.6 Å². The molecule has 1 aliphatic rings. The number of nitrogens with zero attached hydrogens (tertiary/aromatic N) is 2. The van der Waals surface area contributed by atoms with Gasteiger partial charge < -0.3 is 9.88 Å². The van der Waals surface area contributed by atoms with Crippen LogP contribution in [0.5, 0.6) is 0 Å². The largest absolute Gasteiger partial charge is 0.330 e. The van der Waals surface area contributed by atoms with Crippen molar-refractivity contribution in [1.29, 1.82) is 0 Å². The lowest BCUT2D eigenvalue weighted by Gasteiger charge is -2.15. The Balaban J connectivity index is 2.13. The molecule has 1 atom stereocenters. The number of imidazole rings is 1. The summed E-state index contributed by atoms with van der Waals surface area (Å²) in [6, 6.07) is 0.525. The van der Waals surface area contributed by atoms with Crippen molar-refractivity contribution in [3.05, 3.63) is 17.7 Å². The maximum absolute atomic E-state index is 4.54. The Morgan fingerprint density at radius 3 is 3.00 bits per heavy atom. The standard InChI is InChI=1S/C12H21N3/c1-9(2)15-10(3)7-14-12(15)6-11-4-5-13-8-11/h7,9,11,13H,4-6,8H2,1-3H3/t11-/m1/s1. The molecule has 1 N–H and O–H groups in total. The van der Waals surface area contributed by atoms with Gasteiger partial charge >= 0.3 is 0 Å². The molecule has 0 radical (unpaired) electrons. The summed E-state index contributed by atoms with van der Waals surface area (Å²) in [7, 11) is 0. The van der Waals surface area contributed by atoms with Crippen LogP contribution in [-0.2, 0) is 6.42 Å². The van der Waals surface area contributed by atoms with Crippen molar-refractivity contribution in [2.75, 3.05) is 13.1 Å². The highest BCUT2D eigenvalue weighted by Gasteiger charge is 2.18. The van der Waals surface area contributed by atoms with Crippen molar-refractivity contribution in [3.8, 4) is 0 Å². The lowest BCUT2D eigenvalue weighted by molar-refractivity contribution is 0.500. The average molecular weight is 207 g/mol. The van der Waals surface area contributed by atoms with Gasteiger partial charge in [0.25, 0.3) is 0 Å². The maximum Gasteiger partial charge on any atom is 0.109 e. The third kappa shape index (κ3) is 2.23. The van der Waals surface area contributed by atoms with Crippen molar-refractivity contribution in [2.45, 2.75) is 39.7 Å². The van der Waals surface area contributed by atoms with Crippen molar-refractivity contribution in [2.24, 2.45) is 5.92 Å². The number of aryl methyl sites for hydroxylation is 1. The molecule has 0 saturated carbocycles. The van der Waals surface area contributed by atoms with Gasteiger partial charge in [-0.1, -0.05) is 0 Å². The third-order valence-corrected chi connectivity index (χ3v) is 3.21. The topological polar surface area (TPSA) is 29.9 Å². The van der Waals surface area contributed by atoms with Crippen LogP contribution in [0.2, 0.25) is 0 Å². The normalized spacial score (nSPS) is 21.5. The lowest BCUT2D eigenvalue weighted by Crippen LogP contribution is -2.15. The van der Waals surface area contributed by atoms with Gasteiger partial charge in [-0.2, -0.15) is 0 Å². The lowest BCUT2D eigenvalue weighted by atomic mass is 10.0. The maximum atomic E-state index is 4.54. The number of hydrogen-bond acceptors (Lipinski definition) is 2. The first-order valence-corrected chi connectivity index (χ1v) is 5.92. The van der Waals surface area contributed by atoms with Gasteiger partial charge in [-0.3, -0.25) is 0 Å². The molecule has 3 nitrogen and oxygen atoms in total. The fraction of sp³-hybridized carbons (Fsp3) is 0.750. The molecule has 0 amide bonds. The molecular formula is C12H21N3. The van der Waals surface area contributed by atoms with Crippen molar-refractivity contribution in [3.63, 3.8) is 0 Å². The van der Waals surface area contributed by atoms with Crippen molar-refractivity contribution >= 4 is 0 Å². The molecule has 2 rings (SSSR count). The van der Waals surface area contributed by atoms with Gasteiger partial charge in [0.05, 0.1) is 0 Å². The van der Waals surface area contributed by atoms with Gasteiger partial charge in [-0.15, -0.1) is 0 Å². The minimum absolute atomic E-state index is 0.525. The fourth-order valence-electron chi connectivity index (χ4n) is 2.50. The number of rotatable bonds is 3. The van der Waals surface area contributed by atoms with E-state index in [0.717, 1.165) is 18.9 Å². The van der Waals surface area contributed by atoms with E-state index < -0.39 is 0 Å². The van der Waals surface area contributed by atoms with Crippen LogP contribution in [0, 0.1) is 12.8 Å². The molecule has 1 saturated heterocycles. The molecule has 15 heavy (non-hydrogen) atoms. The van der Waals surface area contributed by atoms with Crippen LogP contribution in [0.3, 0.4) is 0 Å². The SMILES string of the molecule is Cc1cnc(C[C@H]2CCNC2)n1C(C)C. The van der Waals surface area contributed by atoms with Crippen LogP contribution < -0.4 is 5.32 Å². The van der Waals surface area contributed by atoms with E-state index in [0.29, 0.717) is 6.04 Å². The number of nitrogens with one attached hydrogen (secondary N) is 1. The first-order chi connectivity index (χ1) is 7.18. The first kappa shape index (κ1) is 10.7. The number of aromatic nitrogens is 2. The van der Waals surface area contributed by atoms with Gasteiger partial charge in [0.2, 0.25) is 0 Å². The molecule has 0 unspecified atom stereocenters. The van der Waals surface area contributed by atoms with Crippen molar-refractivity contribution in [1.82, 2.24) is 14.9 Å². The molecule has 84 valence electrons. The zero-order valence-electron chi connectivity index (χ0n) is 9.95. The summed E-state index contributed by atoms with van der Waals surface area (Å²) >= 11 is 0. The highest BCUT2D eigenvalue weighted by molar-refractivity contribution is 5.06. The summed E-state index contributed by atoms with van der Waals surface area (Å²) in [5, 5.41) is 3.41. The second-order valence-electron chi connectivity index (χ2n) is 4.84. The molecule has 1 aliphatic heterocycles. The van der Waals surface area contributed by atoms with Gasteiger partial charge in [0.1, 0.15) is 5.82 Å². The zero-order valence-corrected chi connectivity index (χ0v) is 9.95. The van der Waals surface area contributed by atoms with Crippen LogP contribution in [0.15, 0.2) is 6.20 Å². The summed E-state index contributed by atoms with van der Waals surface area (Å²) < 4.78 is 2.36. The average Bonchev–Trinajstić information content (AvgIpc) is 2.76. The minimum atomic E-state index is 0.525. The minimum Gasteiger partial charge on any atom is -0.330 e. The van der Waals surface area contributed by atoms with Crippen LogP contribution in [0.25, 0.3) is 0 Å². The van der Waals surface area contributed by atoms with Crippen LogP contribution >= 0.6 is 0 Å². The highest BCUT2D eigenvalue weighted by Crippen LogP contribution is 2.18. The van der Waals surface area contributed by atoms with Gasteiger partial charge in [0.15, 0.2) is 0 Å². The Morgan fingerprint density at radius 2 is 2.40 bits per heavy atom. The molecular weight excluding hydrogens is 186 g/mol. The summed E-state index contributed by atoms with van der Waals surface area (Å²) in [6.45, 7) is 8.93. The smallest absolute Gasteiger partial charge is 0.109 e. The second-order valence-corrected chi connectivity index (χ2v) is 4.84. The van der Waals surface area contributed by atoms with Gasteiger partial charge in [0, 0.05) is 24.4 Å². The van der Waals surface area contributed by atoms with Crippen molar-refractivity contribution < 1.29 is 0 Å². The van der Waals surface area contributed by atoms with E-state index in [9.17, 15) is 0 Å². The predicted molar refractivity (Wildman–Crippen MR) is 62.0 cm³/mol. The Hall–Kier alpha value is -0.830. The Bertz CT molecular complexity index is 322. The second kappa shape index (κ2) is 4.35. The van der Waals surface area contributed by atoms with E-state index >= 15 is 0 Å². The van der Waals surface area contributed by atoms with Crippen LogP contribution in [0.4, 0.5) is 0 Å². The molecule has 1 aromatic heterocycles. The van der Waals surface area contributed by atoms with E-state index in [1.807, 2.05) is 6.20 Å². The molecule has 1 fully saturated rings. The third-order valence-electron chi connectivity index (χ3n) is 3.21. The van der Waals surface area contributed by atoms with E-state index in [4.69, 9.17) is 0 Å². The predicted octanol–water partition coefficient (Wildman–Crippen LogP) is 1.92. The molecule has 0 bridgehead atoms. The number of hydrogen-bond donors (Lipinski definition) is 1. The Labute approximate surface area is 91.9 Å². The summed E-state index contributed by atoms with van der Waals surface area (Å²) in [4.78, 5) is 4.54. The molecule has 0 spiro atoms. The molecule has 0 aliphatic carbocycles. The van der Waals surface area contributed by atoms with E-state index in [-0.39, 0.29) is 0 Å². The molecule has 2 heterocycles. The van der Waals surface area contributed by atoms with E-state index in [1.54, 1.807) is 0 Å². The summed E-state index contributed by atoms with van der Waals surface area (Å²) in [5.41, 5.74) is 1.28. The molecule has 0 aromatic carbocycles.